The largest absolute Gasteiger partial charge is 0.306 e. The third-order valence-corrected chi connectivity index (χ3v) is 5.46. The van der Waals surface area contributed by atoms with Gasteiger partial charge in [0.2, 0.25) is 0 Å². The maximum Gasteiger partial charge on any atom is 0.127 e. The fourth-order valence-corrected chi connectivity index (χ4v) is 4.44. The van der Waals surface area contributed by atoms with Crippen LogP contribution in [0.3, 0.4) is 0 Å². The Morgan fingerprint density at radius 2 is 2.25 bits per heavy atom. The van der Waals surface area contributed by atoms with E-state index in [0.29, 0.717) is 12.1 Å². The Morgan fingerprint density at radius 3 is 3.10 bits per heavy atom. The van der Waals surface area contributed by atoms with Crippen LogP contribution in [0, 0.1) is 5.82 Å². The molecule has 0 aliphatic heterocycles. The predicted molar refractivity (Wildman–Crippen MR) is 85.9 cm³/mol. The molecule has 1 unspecified atom stereocenters. The Balaban J connectivity index is 1.74. The summed E-state index contributed by atoms with van der Waals surface area (Å²) < 4.78 is 15.5. The van der Waals surface area contributed by atoms with Gasteiger partial charge >= 0.3 is 0 Å². The number of hydrogen-bond acceptors (Lipinski definition) is 2. The first-order valence-electron chi connectivity index (χ1n) is 6.59. The molecular weight excluding hydrogens is 361 g/mol. The Hall–Kier alpha value is -0.420. The number of hydrogen-bond donors (Lipinski definition) is 1. The highest BCUT2D eigenvalue weighted by atomic mass is 79.9. The molecule has 1 heterocycles. The highest BCUT2D eigenvalue weighted by Crippen LogP contribution is 2.37. The quantitative estimate of drug-likeness (QED) is 0.751. The van der Waals surface area contributed by atoms with E-state index < -0.39 is 0 Å². The smallest absolute Gasteiger partial charge is 0.127 e. The van der Waals surface area contributed by atoms with Crippen LogP contribution in [0.4, 0.5) is 4.39 Å². The van der Waals surface area contributed by atoms with E-state index >= 15 is 0 Å². The number of fused-ring (bicyclic) bond motifs is 1. The van der Waals surface area contributed by atoms with Crippen molar-refractivity contribution in [3.05, 3.63) is 54.9 Å². The molecule has 1 N–H and O–H groups in total. The van der Waals surface area contributed by atoms with Gasteiger partial charge in [0, 0.05) is 27.5 Å². The number of halogens is 3. The molecule has 0 saturated carbocycles. The molecule has 0 bridgehead atoms. The van der Waals surface area contributed by atoms with Crippen molar-refractivity contribution in [2.45, 2.75) is 31.8 Å². The molecule has 0 fully saturated rings. The van der Waals surface area contributed by atoms with Gasteiger partial charge in [-0.3, -0.25) is 0 Å². The van der Waals surface area contributed by atoms with E-state index in [1.165, 1.54) is 16.5 Å². The van der Waals surface area contributed by atoms with Crippen LogP contribution < -0.4 is 5.32 Å². The molecule has 0 spiro atoms. The lowest BCUT2D eigenvalue weighted by Crippen LogP contribution is -2.24. The Labute approximate surface area is 135 Å². The zero-order valence-electron chi connectivity index (χ0n) is 10.8. The van der Waals surface area contributed by atoms with Crippen molar-refractivity contribution >= 4 is 38.9 Å². The summed E-state index contributed by atoms with van der Waals surface area (Å²) in [6.45, 7) is 0.531. The molecule has 0 amide bonds. The molecule has 0 radical (unpaired) electrons. The molecule has 106 valence electrons. The topological polar surface area (TPSA) is 12.0 Å². The van der Waals surface area contributed by atoms with Crippen molar-refractivity contribution in [3.8, 4) is 0 Å². The molecule has 0 saturated heterocycles. The predicted octanol–water partition coefficient (Wildman–Crippen LogP) is 5.47. The van der Waals surface area contributed by atoms with Gasteiger partial charge in [-0.05, 0) is 49.1 Å². The molecule has 2 aromatic rings. The van der Waals surface area contributed by atoms with Gasteiger partial charge in [-0.2, -0.15) is 0 Å². The fraction of sp³-hybridized carbons (Fsp3) is 0.333. The molecule has 1 aromatic heterocycles. The lowest BCUT2D eigenvalue weighted by molar-refractivity contribution is 0.456. The van der Waals surface area contributed by atoms with Crippen molar-refractivity contribution < 1.29 is 4.39 Å². The van der Waals surface area contributed by atoms with Crippen LogP contribution in [-0.4, -0.2) is 0 Å². The van der Waals surface area contributed by atoms with Gasteiger partial charge in [-0.1, -0.05) is 27.5 Å². The first kappa shape index (κ1) is 14.5. The maximum absolute atomic E-state index is 13.7. The van der Waals surface area contributed by atoms with Gasteiger partial charge in [0.1, 0.15) is 5.82 Å². The monoisotopic (exact) mass is 373 g/mol. The standard InChI is InChI=1S/C15H14BrClFNS/c16-10-4-5-12(18)9(6-10)8-19-13-2-1-3-14-11(13)7-15(17)20-14/h4-7,13,19H,1-3,8H2. The van der Waals surface area contributed by atoms with E-state index in [1.54, 1.807) is 17.4 Å². The summed E-state index contributed by atoms with van der Waals surface area (Å²) in [5.41, 5.74) is 1.98. The summed E-state index contributed by atoms with van der Waals surface area (Å²) >= 11 is 11.2. The molecule has 1 aliphatic rings. The van der Waals surface area contributed by atoms with Gasteiger partial charge in [-0.15, -0.1) is 11.3 Å². The highest BCUT2D eigenvalue weighted by Gasteiger charge is 2.22. The van der Waals surface area contributed by atoms with Crippen LogP contribution in [0.2, 0.25) is 4.34 Å². The second-order valence-corrected chi connectivity index (χ2v) is 7.67. The van der Waals surface area contributed by atoms with Gasteiger partial charge in [0.15, 0.2) is 0 Å². The summed E-state index contributed by atoms with van der Waals surface area (Å²) in [7, 11) is 0. The average Bonchev–Trinajstić information content (AvgIpc) is 2.80. The SMILES string of the molecule is Fc1ccc(Br)cc1CNC1CCCc2sc(Cl)cc21. The highest BCUT2D eigenvalue weighted by molar-refractivity contribution is 9.10. The van der Waals surface area contributed by atoms with Crippen LogP contribution in [0.1, 0.15) is 34.9 Å². The van der Waals surface area contributed by atoms with Gasteiger partial charge in [-0.25, -0.2) is 4.39 Å². The first-order chi connectivity index (χ1) is 9.63. The summed E-state index contributed by atoms with van der Waals surface area (Å²) in [6.07, 6.45) is 3.34. The summed E-state index contributed by atoms with van der Waals surface area (Å²) in [6, 6.07) is 7.37. The number of nitrogens with one attached hydrogen (secondary N) is 1. The van der Waals surface area contributed by atoms with E-state index in [4.69, 9.17) is 11.6 Å². The first-order valence-corrected chi connectivity index (χ1v) is 8.57. The molecule has 1 aliphatic carbocycles. The molecule has 1 aromatic carbocycles. The van der Waals surface area contributed by atoms with Crippen LogP contribution in [0.5, 0.6) is 0 Å². The third kappa shape index (κ3) is 3.08. The van der Waals surface area contributed by atoms with E-state index in [2.05, 4.69) is 27.3 Å². The lowest BCUT2D eigenvalue weighted by atomic mass is 9.94. The van der Waals surface area contributed by atoms with E-state index in [-0.39, 0.29) is 11.9 Å². The number of aryl methyl sites for hydroxylation is 1. The summed E-state index contributed by atoms with van der Waals surface area (Å²) in [5, 5.41) is 3.46. The average molecular weight is 375 g/mol. The Bertz CT molecular complexity index is 628. The van der Waals surface area contributed by atoms with Crippen molar-refractivity contribution in [1.82, 2.24) is 5.32 Å². The minimum atomic E-state index is -0.167. The van der Waals surface area contributed by atoms with Gasteiger partial charge < -0.3 is 5.32 Å². The number of rotatable bonds is 3. The molecule has 20 heavy (non-hydrogen) atoms. The molecule has 1 atom stereocenters. The normalized spacial score (nSPS) is 18.1. The van der Waals surface area contributed by atoms with Crippen molar-refractivity contribution in [1.29, 1.82) is 0 Å². The molecular formula is C15H14BrClFNS. The van der Waals surface area contributed by atoms with Crippen molar-refractivity contribution in [2.24, 2.45) is 0 Å². The van der Waals surface area contributed by atoms with Crippen LogP contribution in [-0.2, 0) is 13.0 Å². The van der Waals surface area contributed by atoms with Crippen molar-refractivity contribution in [2.75, 3.05) is 0 Å². The second kappa shape index (κ2) is 6.14. The molecule has 5 heteroatoms. The summed E-state index contributed by atoms with van der Waals surface area (Å²) in [4.78, 5) is 1.37. The zero-order valence-corrected chi connectivity index (χ0v) is 13.9. The maximum atomic E-state index is 13.7. The van der Waals surface area contributed by atoms with Crippen molar-refractivity contribution in [3.63, 3.8) is 0 Å². The van der Waals surface area contributed by atoms with Gasteiger partial charge in [0.05, 0.1) is 4.34 Å². The fourth-order valence-electron chi connectivity index (χ4n) is 2.65. The van der Waals surface area contributed by atoms with Gasteiger partial charge in [0.25, 0.3) is 0 Å². The van der Waals surface area contributed by atoms with E-state index in [1.807, 2.05) is 6.07 Å². The molecule has 1 nitrogen and oxygen atoms in total. The lowest BCUT2D eigenvalue weighted by Gasteiger charge is -2.24. The van der Waals surface area contributed by atoms with Crippen LogP contribution >= 0.6 is 38.9 Å². The number of thiophene rings is 1. The Morgan fingerprint density at radius 1 is 1.40 bits per heavy atom. The zero-order chi connectivity index (χ0) is 14.1. The number of benzene rings is 1. The van der Waals surface area contributed by atoms with E-state index in [9.17, 15) is 4.39 Å². The van der Waals surface area contributed by atoms with Crippen LogP contribution in [0.25, 0.3) is 0 Å². The summed E-state index contributed by atoms with van der Waals surface area (Å²) in [5.74, 6) is -0.167. The minimum absolute atomic E-state index is 0.167. The second-order valence-electron chi connectivity index (χ2n) is 4.99. The minimum Gasteiger partial charge on any atom is -0.306 e. The third-order valence-electron chi connectivity index (χ3n) is 3.63. The Kier molecular flexibility index (Phi) is 4.46. The molecule has 3 rings (SSSR count). The van der Waals surface area contributed by atoms with E-state index in [0.717, 1.165) is 28.1 Å². The van der Waals surface area contributed by atoms with Crippen LogP contribution in [0.15, 0.2) is 28.7 Å².